The van der Waals surface area contributed by atoms with Gasteiger partial charge in [-0.05, 0) is 54.5 Å². The average molecular weight is 698 g/mol. The molecule has 45 heavy (non-hydrogen) atoms. The Balaban J connectivity index is 1.69. The fourth-order valence-electron chi connectivity index (χ4n) is 4.69. The Hall–Kier alpha value is -3.77. The Kier molecular flexibility index (Phi) is 9.64. The van der Waals surface area contributed by atoms with Crippen LogP contribution in [-0.2, 0) is 16.1 Å². The Bertz CT molecular complexity index is 1990. The number of para-hydroxylation sites is 1. The molecule has 5 rings (SSSR count). The van der Waals surface area contributed by atoms with E-state index in [1.807, 2.05) is 0 Å². The van der Waals surface area contributed by atoms with Crippen molar-refractivity contribution < 1.29 is 32.2 Å². The number of thiazole rings is 1. The number of hydrogen-bond acceptors (Lipinski definition) is 7. The van der Waals surface area contributed by atoms with Gasteiger partial charge in [0, 0.05) is 10.6 Å². The molecule has 234 valence electrons. The summed E-state index contributed by atoms with van der Waals surface area (Å²) in [5.41, 5.74) is -1.62. The summed E-state index contributed by atoms with van der Waals surface area (Å²) >= 11 is 18.9. The van der Waals surface area contributed by atoms with E-state index in [4.69, 9.17) is 49.0 Å². The number of methoxy groups -OCH3 is 1. The highest BCUT2D eigenvalue weighted by atomic mass is 35.5. The maximum Gasteiger partial charge on any atom is 0.434 e. The molecule has 0 saturated heterocycles. The van der Waals surface area contributed by atoms with Crippen molar-refractivity contribution in [3.63, 3.8) is 0 Å². The van der Waals surface area contributed by atoms with Crippen LogP contribution < -0.4 is 24.4 Å². The van der Waals surface area contributed by atoms with Gasteiger partial charge in [0.15, 0.2) is 22.0 Å². The standard InChI is InChI=1S/C31H22Cl3F3N2O5S/c1-3-43-29(41)24-25(17-8-10-19(32)11-9-17)39-28(40)23(45-30(39)38-27(24)31(35,36)37)14-18-5-4-6-22(42-2)26(18)44-15-16-7-12-20(33)21(34)13-16/h4-14,25H,3,15H2,1-2H3/b23-14-/t25-/m0/s1. The Labute approximate surface area is 273 Å². The van der Waals surface area contributed by atoms with Gasteiger partial charge in [-0.2, -0.15) is 13.2 Å². The van der Waals surface area contributed by atoms with Crippen molar-refractivity contribution in [3.05, 3.63) is 123 Å². The summed E-state index contributed by atoms with van der Waals surface area (Å²) in [6, 6.07) is 14.3. The third-order valence-corrected chi connectivity index (χ3v) is 8.64. The predicted octanol–water partition coefficient (Wildman–Crippen LogP) is 6.89. The summed E-state index contributed by atoms with van der Waals surface area (Å²) in [6.45, 7) is 1.34. The third kappa shape index (κ3) is 6.76. The Morgan fingerprint density at radius 3 is 2.44 bits per heavy atom. The predicted molar refractivity (Wildman–Crippen MR) is 166 cm³/mol. The summed E-state index contributed by atoms with van der Waals surface area (Å²) in [7, 11) is 1.45. The minimum atomic E-state index is -5.03. The van der Waals surface area contributed by atoms with Gasteiger partial charge >= 0.3 is 12.1 Å². The second-order valence-corrected chi connectivity index (χ2v) is 11.8. The number of rotatable bonds is 8. The lowest BCUT2D eigenvalue weighted by Crippen LogP contribution is -2.41. The number of alkyl halides is 3. The van der Waals surface area contributed by atoms with Gasteiger partial charge in [-0.3, -0.25) is 9.36 Å². The molecular weight excluding hydrogens is 676 g/mol. The molecule has 0 spiro atoms. The molecule has 2 heterocycles. The van der Waals surface area contributed by atoms with E-state index in [0.717, 1.165) is 15.9 Å². The lowest BCUT2D eigenvalue weighted by molar-refractivity contribution is -0.140. The normalized spacial score (nSPS) is 15.0. The molecule has 1 aliphatic heterocycles. The van der Waals surface area contributed by atoms with E-state index in [-0.39, 0.29) is 33.9 Å². The van der Waals surface area contributed by atoms with Crippen LogP contribution in [0.3, 0.4) is 0 Å². The molecule has 1 aliphatic rings. The van der Waals surface area contributed by atoms with Crippen molar-refractivity contribution in [2.75, 3.05) is 13.7 Å². The molecule has 3 aromatic carbocycles. The molecule has 4 aromatic rings. The number of carbonyl (C=O) groups is 1. The fourth-order valence-corrected chi connectivity index (χ4v) is 6.13. The number of fused-ring (bicyclic) bond motifs is 1. The second kappa shape index (κ2) is 13.3. The van der Waals surface area contributed by atoms with Crippen LogP contribution in [0.4, 0.5) is 13.2 Å². The van der Waals surface area contributed by atoms with Gasteiger partial charge in [0.1, 0.15) is 6.61 Å². The molecule has 7 nitrogen and oxygen atoms in total. The number of esters is 1. The average Bonchev–Trinajstić information content (AvgIpc) is 3.31. The first-order chi connectivity index (χ1) is 21.4. The number of aromatic nitrogens is 1. The molecule has 0 fully saturated rings. The molecule has 0 aliphatic carbocycles. The van der Waals surface area contributed by atoms with Crippen molar-refractivity contribution >= 4 is 58.2 Å². The number of halogens is 6. The molecule has 0 bridgehead atoms. The Morgan fingerprint density at radius 2 is 1.80 bits per heavy atom. The minimum Gasteiger partial charge on any atom is -0.493 e. The molecule has 0 amide bonds. The van der Waals surface area contributed by atoms with Crippen molar-refractivity contribution in [2.45, 2.75) is 25.7 Å². The van der Waals surface area contributed by atoms with E-state index in [1.54, 1.807) is 36.4 Å². The quantitative estimate of drug-likeness (QED) is 0.188. The van der Waals surface area contributed by atoms with Gasteiger partial charge in [-0.25, -0.2) is 9.79 Å². The topological polar surface area (TPSA) is 79.1 Å². The molecule has 14 heteroatoms. The lowest BCUT2D eigenvalue weighted by atomic mass is 9.95. The SMILES string of the molecule is CCOC(=O)C1=C(C(F)(F)F)N=c2s/c(=C\c3cccc(OC)c3OCc3ccc(Cl)c(Cl)c3)c(=O)n2[C@H]1c1ccc(Cl)cc1. The van der Waals surface area contributed by atoms with Crippen LogP contribution in [0.15, 0.2) is 81.7 Å². The number of nitrogens with zero attached hydrogens (tertiary/aromatic N) is 2. The van der Waals surface area contributed by atoms with E-state index in [2.05, 4.69) is 4.99 Å². The Morgan fingerprint density at radius 1 is 1.07 bits per heavy atom. The highest BCUT2D eigenvalue weighted by Gasteiger charge is 2.45. The largest absolute Gasteiger partial charge is 0.493 e. The van der Waals surface area contributed by atoms with Gasteiger partial charge in [-0.1, -0.05) is 76.5 Å². The molecule has 0 radical (unpaired) electrons. The van der Waals surface area contributed by atoms with Crippen molar-refractivity contribution in [2.24, 2.45) is 4.99 Å². The van der Waals surface area contributed by atoms with Crippen LogP contribution in [0.2, 0.25) is 15.1 Å². The number of benzene rings is 3. The summed E-state index contributed by atoms with van der Waals surface area (Å²) in [5, 5.41) is 1.04. The van der Waals surface area contributed by atoms with Crippen LogP contribution in [0.5, 0.6) is 11.5 Å². The second-order valence-electron chi connectivity index (χ2n) is 9.53. The first kappa shape index (κ1) is 32.6. The van der Waals surface area contributed by atoms with E-state index in [9.17, 15) is 22.8 Å². The van der Waals surface area contributed by atoms with E-state index in [1.165, 1.54) is 44.4 Å². The summed E-state index contributed by atoms with van der Waals surface area (Å²) in [4.78, 5) is 30.5. The van der Waals surface area contributed by atoms with Crippen LogP contribution >= 0.6 is 46.1 Å². The number of carbonyl (C=O) groups excluding carboxylic acids is 1. The van der Waals surface area contributed by atoms with Gasteiger partial charge in [0.05, 0.1) is 39.9 Å². The summed E-state index contributed by atoms with van der Waals surface area (Å²) < 4.78 is 60.8. The number of allylic oxidation sites excluding steroid dienone is 1. The maximum atomic E-state index is 14.4. The van der Waals surface area contributed by atoms with Gasteiger partial charge in [0.2, 0.25) is 0 Å². The van der Waals surface area contributed by atoms with Crippen LogP contribution in [-0.4, -0.2) is 30.4 Å². The summed E-state index contributed by atoms with van der Waals surface area (Å²) in [6.07, 6.45) is -3.56. The van der Waals surface area contributed by atoms with Gasteiger partial charge < -0.3 is 14.2 Å². The van der Waals surface area contributed by atoms with Gasteiger partial charge in [-0.15, -0.1) is 0 Å². The van der Waals surface area contributed by atoms with Crippen molar-refractivity contribution in [1.82, 2.24) is 4.57 Å². The zero-order valence-electron chi connectivity index (χ0n) is 23.5. The van der Waals surface area contributed by atoms with E-state index >= 15 is 0 Å². The van der Waals surface area contributed by atoms with E-state index in [0.29, 0.717) is 31.9 Å². The van der Waals surface area contributed by atoms with Crippen LogP contribution in [0.1, 0.15) is 29.7 Å². The molecule has 0 unspecified atom stereocenters. The van der Waals surface area contributed by atoms with Crippen molar-refractivity contribution in [1.29, 1.82) is 0 Å². The van der Waals surface area contributed by atoms with Crippen molar-refractivity contribution in [3.8, 4) is 11.5 Å². The minimum absolute atomic E-state index is 0.0342. The summed E-state index contributed by atoms with van der Waals surface area (Å²) in [5.74, 6) is -0.623. The van der Waals surface area contributed by atoms with Crippen LogP contribution in [0, 0.1) is 0 Å². The first-order valence-electron chi connectivity index (χ1n) is 13.2. The number of ether oxygens (including phenoxy) is 3. The van der Waals surface area contributed by atoms with Crippen LogP contribution in [0.25, 0.3) is 6.08 Å². The lowest BCUT2D eigenvalue weighted by Gasteiger charge is -2.26. The molecule has 1 aromatic heterocycles. The monoisotopic (exact) mass is 696 g/mol. The molecule has 0 N–H and O–H groups in total. The molecule has 1 atom stereocenters. The first-order valence-corrected chi connectivity index (χ1v) is 15.2. The number of hydrogen-bond donors (Lipinski definition) is 0. The van der Waals surface area contributed by atoms with Gasteiger partial charge in [0.25, 0.3) is 5.56 Å². The smallest absolute Gasteiger partial charge is 0.434 e. The third-order valence-electron chi connectivity index (χ3n) is 6.66. The zero-order valence-corrected chi connectivity index (χ0v) is 26.5. The molecular formula is C31H22Cl3F3N2O5S. The van der Waals surface area contributed by atoms with E-state index < -0.39 is 35.0 Å². The maximum absolute atomic E-state index is 14.4. The zero-order chi connectivity index (χ0) is 32.5. The highest BCUT2D eigenvalue weighted by molar-refractivity contribution is 7.07. The highest BCUT2D eigenvalue weighted by Crippen LogP contribution is 2.39. The fraction of sp³-hybridized carbons (Fsp3) is 0.194. The molecule has 0 saturated carbocycles.